The fourth-order valence-corrected chi connectivity index (χ4v) is 4.38. The highest BCUT2D eigenvalue weighted by Gasteiger charge is 2.56. The minimum atomic E-state index is -1.24. The molecule has 0 saturated carbocycles. The first kappa shape index (κ1) is 25.3. The van der Waals surface area contributed by atoms with Crippen LogP contribution in [0.25, 0.3) is 0 Å². The predicted octanol–water partition coefficient (Wildman–Crippen LogP) is -0.645. The number of rotatable bonds is 4. The molecule has 4 aliphatic rings. The number of fused-ring (bicyclic) bond motifs is 5. The monoisotopic (exact) mass is 501 g/mol. The molecule has 4 heterocycles. The number of oxime groups is 1. The molecule has 0 radical (unpaired) electrons. The maximum atomic E-state index is 11.8. The number of nitrogens with zero attached hydrogens (tertiary/aromatic N) is 1. The van der Waals surface area contributed by atoms with Gasteiger partial charge in [0.25, 0.3) is 0 Å². The summed E-state index contributed by atoms with van der Waals surface area (Å²) in [5.74, 6) is -2.55. The SMILES string of the molecule is CC(=O)OC1O[C@@H]2C3=NO[C@@H](CO[C@H]4[C@@H](CO[C@@H]2[C@H]1OC(C)=O)OC(OC(C)=O)[C@@H]4OC(C)=O)C3. The lowest BCUT2D eigenvalue weighted by Gasteiger charge is -2.26. The van der Waals surface area contributed by atoms with Crippen molar-refractivity contribution < 1.29 is 61.9 Å². The van der Waals surface area contributed by atoms with Crippen molar-refractivity contribution in [3.63, 3.8) is 0 Å². The van der Waals surface area contributed by atoms with Gasteiger partial charge in [-0.1, -0.05) is 5.16 Å². The number of hydrogen-bond donors (Lipinski definition) is 0. The van der Waals surface area contributed by atoms with Gasteiger partial charge < -0.3 is 42.7 Å². The second-order valence-corrected chi connectivity index (χ2v) is 8.45. The Morgan fingerprint density at radius 1 is 0.743 bits per heavy atom. The number of carbonyl (C=O) groups excluding carboxylic acids is 4. The van der Waals surface area contributed by atoms with E-state index in [1.807, 2.05) is 0 Å². The van der Waals surface area contributed by atoms with Crippen molar-refractivity contribution in [2.24, 2.45) is 5.16 Å². The summed E-state index contributed by atoms with van der Waals surface area (Å²) in [6.07, 6.45) is -8.43. The van der Waals surface area contributed by atoms with Gasteiger partial charge in [-0.05, 0) is 0 Å². The van der Waals surface area contributed by atoms with Crippen molar-refractivity contribution in [3.8, 4) is 0 Å². The van der Waals surface area contributed by atoms with Crippen molar-refractivity contribution in [2.75, 3.05) is 13.2 Å². The van der Waals surface area contributed by atoms with Crippen LogP contribution in [-0.2, 0) is 61.9 Å². The lowest BCUT2D eigenvalue weighted by atomic mass is 10.0. The smallest absolute Gasteiger partial charge is 0.305 e. The molecule has 0 aliphatic carbocycles. The lowest BCUT2D eigenvalue weighted by Crippen LogP contribution is -2.45. The fourth-order valence-electron chi connectivity index (χ4n) is 4.38. The lowest BCUT2D eigenvalue weighted by molar-refractivity contribution is -0.200. The van der Waals surface area contributed by atoms with Crippen LogP contribution in [0, 0.1) is 0 Å². The molecule has 14 heteroatoms. The third-order valence-electron chi connectivity index (χ3n) is 5.62. The van der Waals surface area contributed by atoms with E-state index in [9.17, 15) is 19.2 Å². The summed E-state index contributed by atoms with van der Waals surface area (Å²) < 4.78 is 44.9. The minimum absolute atomic E-state index is 0.0419. The predicted molar refractivity (Wildman–Crippen MR) is 108 cm³/mol. The molecule has 35 heavy (non-hydrogen) atoms. The Morgan fingerprint density at radius 3 is 1.89 bits per heavy atom. The van der Waals surface area contributed by atoms with Gasteiger partial charge in [0, 0.05) is 34.1 Å². The van der Waals surface area contributed by atoms with Gasteiger partial charge in [-0.15, -0.1) is 0 Å². The first-order chi connectivity index (χ1) is 16.6. The van der Waals surface area contributed by atoms with Gasteiger partial charge in [-0.3, -0.25) is 19.2 Å². The van der Waals surface area contributed by atoms with Crippen LogP contribution in [0.15, 0.2) is 5.16 Å². The zero-order chi connectivity index (χ0) is 25.3. The summed E-state index contributed by atoms with van der Waals surface area (Å²) in [4.78, 5) is 52.2. The van der Waals surface area contributed by atoms with E-state index in [0.29, 0.717) is 5.71 Å². The maximum Gasteiger partial charge on any atom is 0.305 e. The van der Waals surface area contributed by atoms with Crippen LogP contribution in [0.5, 0.6) is 0 Å². The second-order valence-electron chi connectivity index (χ2n) is 8.45. The van der Waals surface area contributed by atoms with Crippen molar-refractivity contribution in [3.05, 3.63) is 0 Å². The molecule has 4 rings (SSSR count). The molecule has 2 bridgehead atoms. The molecule has 14 nitrogen and oxygen atoms in total. The Bertz CT molecular complexity index is 890. The van der Waals surface area contributed by atoms with Gasteiger partial charge in [0.2, 0.25) is 12.6 Å². The molecule has 4 aliphatic heterocycles. The zero-order valence-electron chi connectivity index (χ0n) is 19.6. The average molecular weight is 501 g/mol. The number of ether oxygens (including phenoxy) is 8. The molecule has 0 aromatic carbocycles. The van der Waals surface area contributed by atoms with Gasteiger partial charge in [0.15, 0.2) is 18.3 Å². The van der Waals surface area contributed by atoms with Crippen LogP contribution < -0.4 is 0 Å². The number of carbonyl (C=O) groups is 4. The topological polar surface area (TPSA) is 164 Å². The van der Waals surface area contributed by atoms with Crippen LogP contribution >= 0.6 is 0 Å². The molecule has 0 aromatic rings. The molecule has 2 unspecified atom stereocenters. The standard InChI is InChI=1S/C21H27NO13/c1-8(23)29-18-16-14(33-20(18)31-10(3)25)7-28-17-15(13-5-12(6-27-16)35-22-13)34-21(32-11(4)26)19(17)30-9(2)24/h12,14-21H,5-7H2,1-4H3/t12-,14-,15-,16+,17+,18-,19-,20?,21?/m1/s1. The fraction of sp³-hybridized carbons (Fsp3) is 0.762. The third-order valence-corrected chi connectivity index (χ3v) is 5.62. The van der Waals surface area contributed by atoms with Crippen molar-refractivity contribution in [1.29, 1.82) is 0 Å². The third kappa shape index (κ3) is 5.72. The van der Waals surface area contributed by atoms with Crippen LogP contribution in [0.4, 0.5) is 0 Å². The first-order valence-corrected chi connectivity index (χ1v) is 11.1. The summed E-state index contributed by atoms with van der Waals surface area (Å²) in [6, 6.07) is 0. The van der Waals surface area contributed by atoms with Crippen molar-refractivity contribution in [1.82, 2.24) is 0 Å². The van der Waals surface area contributed by atoms with Gasteiger partial charge in [0.1, 0.15) is 24.4 Å². The summed E-state index contributed by atoms with van der Waals surface area (Å²) in [5, 5.41) is 4.07. The van der Waals surface area contributed by atoms with E-state index in [2.05, 4.69) is 5.16 Å². The quantitative estimate of drug-likeness (QED) is 0.353. The molecule has 9 atom stereocenters. The van der Waals surface area contributed by atoms with Crippen molar-refractivity contribution >= 4 is 29.6 Å². The molecular weight excluding hydrogens is 474 g/mol. The molecular formula is C21H27NO13. The van der Waals surface area contributed by atoms with E-state index >= 15 is 0 Å². The van der Waals surface area contributed by atoms with E-state index in [1.54, 1.807) is 0 Å². The van der Waals surface area contributed by atoms with Crippen LogP contribution in [-0.4, -0.2) is 98.1 Å². The van der Waals surface area contributed by atoms with E-state index in [-0.39, 0.29) is 19.6 Å². The van der Waals surface area contributed by atoms with Crippen LogP contribution in [0.2, 0.25) is 0 Å². The summed E-state index contributed by atoms with van der Waals surface area (Å²) >= 11 is 0. The highest BCUT2D eigenvalue weighted by molar-refractivity contribution is 5.90. The highest BCUT2D eigenvalue weighted by atomic mass is 16.8. The average Bonchev–Trinajstić information content (AvgIpc) is 3.41. The molecule has 0 amide bonds. The molecule has 0 N–H and O–H groups in total. The number of esters is 4. The minimum Gasteiger partial charge on any atom is -0.453 e. The first-order valence-electron chi connectivity index (χ1n) is 11.1. The molecule has 3 saturated heterocycles. The summed E-state index contributed by atoms with van der Waals surface area (Å²) in [6.45, 7) is 4.68. The summed E-state index contributed by atoms with van der Waals surface area (Å²) in [5.41, 5.74) is 0.456. The number of hydrogen-bond acceptors (Lipinski definition) is 14. The molecule has 194 valence electrons. The Kier molecular flexibility index (Phi) is 7.54. The molecule has 3 fully saturated rings. The van der Waals surface area contributed by atoms with Gasteiger partial charge >= 0.3 is 23.9 Å². The van der Waals surface area contributed by atoms with E-state index < -0.39 is 79.2 Å². The van der Waals surface area contributed by atoms with Crippen LogP contribution in [0.1, 0.15) is 34.1 Å². The second kappa shape index (κ2) is 10.4. The van der Waals surface area contributed by atoms with E-state index in [1.165, 1.54) is 27.7 Å². The van der Waals surface area contributed by atoms with E-state index in [0.717, 1.165) is 0 Å². The molecule has 0 aromatic heterocycles. The molecule has 0 spiro atoms. The normalized spacial score (nSPS) is 38.1. The largest absolute Gasteiger partial charge is 0.453 e. The Balaban J connectivity index is 1.62. The maximum absolute atomic E-state index is 11.8. The van der Waals surface area contributed by atoms with E-state index in [4.69, 9.17) is 42.7 Å². The van der Waals surface area contributed by atoms with Gasteiger partial charge in [-0.25, -0.2) is 0 Å². The summed E-state index contributed by atoms with van der Waals surface area (Å²) in [7, 11) is 0. The Morgan fingerprint density at radius 2 is 1.29 bits per heavy atom. The zero-order valence-corrected chi connectivity index (χ0v) is 19.6. The van der Waals surface area contributed by atoms with Crippen LogP contribution in [0.3, 0.4) is 0 Å². The Hall–Kier alpha value is -2.81. The highest BCUT2D eigenvalue weighted by Crippen LogP contribution is 2.35. The van der Waals surface area contributed by atoms with Gasteiger partial charge in [-0.2, -0.15) is 0 Å². The Labute approximate surface area is 200 Å². The van der Waals surface area contributed by atoms with Gasteiger partial charge in [0.05, 0.1) is 18.9 Å². The van der Waals surface area contributed by atoms with Crippen molar-refractivity contribution in [2.45, 2.75) is 89.4 Å².